The summed E-state index contributed by atoms with van der Waals surface area (Å²) in [5, 5.41) is 24.4. The smallest absolute Gasteiger partial charge is 0.247 e. The van der Waals surface area contributed by atoms with Crippen LogP contribution in [0.5, 0.6) is 0 Å². The van der Waals surface area contributed by atoms with Crippen molar-refractivity contribution in [3.8, 4) is 11.4 Å². The van der Waals surface area contributed by atoms with E-state index in [1.807, 2.05) is 20.8 Å². The van der Waals surface area contributed by atoms with Crippen molar-refractivity contribution in [1.82, 2.24) is 35.4 Å². The molecule has 0 fully saturated rings. The van der Waals surface area contributed by atoms with Crippen LogP contribution in [0.2, 0.25) is 0 Å². The number of benzene rings is 1. The average molecular weight is 470 g/mol. The Bertz CT molecular complexity index is 1100. The van der Waals surface area contributed by atoms with Crippen LogP contribution in [0.25, 0.3) is 11.4 Å². The van der Waals surface area contributed by atoms with E-state index in [-0.39, 0.29) is 43.7 Å². The van der Waals surface area contributed by atoms with E-state index in [1.165, 1.54) is 29.2 Å². The lowest BCUT2D eigenvalue weighted by Gasteiger charge is -2.33. The molecule has 2 amide bonds. The summed E-state index contributed by atoms with van der Waals surface area (Å²) in [6.45, 7) is 5.27. The van der Waals surface area contributed by atoms with Crippen LogP contribution in [-0.2, 0) is 16.1 Å². The molecule has 3 aromatic rings. The van der Waals surface area contributed by atoms with Crippen molar-refractivity contribution in [2.45, 2.75) is 45.3 Å². The lowest BCUT2D eigenvalue weighted by Crippen LogP contribution is -2.50. The Hall–Kier alpha value is -3.73. The van der Waals surface area contributed by atoms with E-state index in [4.69, 9.17) is 0 Å². The number of amides is 2. The molecule has 0 aliphatic rings. The minimum absolute atomic E-state index is 0.138. The number of nitrogens with one attached hydrogen (secondary N) is 1. The van der Waals surface area contributed by atoms with Gasteiger partial charge in [-0.15, -0.1) is 10.2 Å². The molecule has 0 spiro atoms. The number of hydrogen-bond acceptors (Lipinski definition) is 7. The predicted octanol–water partition coefficient (Wildman–Crippen LogP) is 1.74. The number of hydrogen-bond donors (Lipinski definition) is 2. The third-order valence-electron chi connectivity index (χ3n) is 4.79. The fourth-order valence-electron chi connectivity index (χ4n) is 3.33. The maximum absolute atomic E-state index is 13.4. The van der Waals surface area contributed by atoms with Crippen molar-refractivity contribution >= 4 is 11.8 Å². The SMILES string of the molecule is CC(C)(C)NC(=O)C(c1ccncc1)N(CCCO)C(=O)Cn1nnc(-c2ccc(F)cc2)n1. The largest absolute Gasteiger partial charge is 0.396 e. The second kappa shape index (κ2) is 10.9. The van der Waals surface area contributed by atoms with Gasteiger partial charge < -0.3 is 15.3 Å². The predicted molar refractivity (Wildman–Crippen MR) is 122 cm³/mol. The molecular weight excluding hydrogens is 441 g/mol. The van der Waals surface area contributed by atoms with Gasteiger partial charge in [-0.2, -0.15) is 4.80 Å². The third-order valence-corrected chi connectivity index (χ3v) is 4.79. The number of rotatable bonds is 9. The number of tetrazole rings is 1. The third kappa shape index (κ3) is 6.64. The number of halogens is 1. The molecule has 1 aromatic carbocycles. The molecule has 1 atom stereocenters. The van der Waals surface area contributed by atoms with E-state index in [9.17, 15) is 19.1 Å². The van der Waals surface area contributed by atoms with Crippen molar-refractivity contribution in [2.75, 3.05) is 13.2 Å². The standard InChI is InChI=1S/C23H28FN7O3/c1-23(2,3)26-22(34)20(16-9-11-25-12-10-16)30(13-4-14-32)19(33)15-31-28-21(27-29-31)17-5-7-18(24)8-6-17/h5-12,20,32H,4,13-15H2,1-3H3,(H,26,34). The number of aliphatic hydroxyl groups excluding tert-OH is 1. The first kappa shape index (κ1) is 24.9. The van der Waals surface area contributed by atoms with Crippen molar-refractivity contribution in [1.29, 1.82) is 0 Å². The average Bonchev–Trinajstić information content (AvgIpc) is 3.24. The second-order valence-corrected chi connectivity index (χ2v) is 8.74. The molecule has 3 rings (SSSR count). The van der Waals surface area contributed by atoms with Gasteiger partial charge in [-0.05, 0) is 74.4 Å². The molecule has 10 nitrogen and oxygen atoms in total. The van der Waals surface area contributed by atoms with Crippen LogP contribution in [-0.4, -0.2) is 65.7 Å². The molecule has 2 N–H and O–H groups in total. The molecule has 2 aromatic heterocycles. The fraction of sp³-hybridized carbons (Fsp3) is 0.391. The Kier molecular flexibility index (Phi) is 8.00. The Labute approximate surface area is 196 Å². The van der Waals surface area contributed by atoms with Gasteiger partial charge in [-0.1, -0.05) is 0 Å². The molecule has 0 aliphatic carbocycles. The summed E-state index contributed by atoms with van der Waals surface area (Å²) in [7, 11) is 0. The summed E-state index contributed by atoms with van der Waals surface area (Å²) >= 11 is 0. The zero-order chi connectivity index (χ0) is 24.7. The molecule has 11 heteroatoms. The molecule has 34 heavy (non-hydrogen) atoms. The van der Waals surface area contributed by atoms with Gasteiger partial charge in [0.05, 0.1) is 0 Å². The highest BCUT2D eigenvalue weighted by molar-refractivity contribution is 5.89. The number of nitrogens with zero attached hydrogens (tertiary/aromatic N) is 6. The van der Waals surface area contributed by atoms with Crippen molar-refractivity contribution in [3.63, 3.8) is 0 Å². The van der Waals surface area contributed by atoms with Gasteiger partial charge in [0.1, 0.15) is 18.4 Å². The van der Waals surface area contributed by atoms with Crippen molar-refractivity contribution in [3.05, 3.63) is 60.2 Å². The molecule has 0 radical (unpaired) electrons. The maximum Gasteiger partial charge on any atom is 0.247 e. The summed E-state index contributed by atoms with van der Waals surface area (Å²) in [4.78, 5) is 33.2. The van der Waals surface area contributed by atoms with Gasteiger partial charge in [0.25, 0.3) is 0 Å². The summed E-state index contributed by atoms with van der Waals surface area (Å²) in [6.07, 6.45) is 3.38. The summed E-state index contributed by atoms with van der Waals surface area (Å²) in [6, 6.07) is 8.00. The Morgan fingerprint density at radius 1 is 1.15 bits per heavy atom. The minimum atomic E-state index is -0.943. The highest BCUT2D eigenvalue weighted by atomic mass is 19.1. The molecule has 180 valence electrons. The van der Waals surface area contributed by atoms with Crippen LogP contribution in [0, 0.1) is 5.82 Å². The van der Waals surface area contributed by atoms with Crippen LogP contribution < -0.4 is 5.32 Å². The molecular formula is C23H28FN7O3. The van der Waals surface area contributed by atoms with E-state index >= 15 is 0 Å². The van der Waals surface area contributed by atoms with Gasteiger partial charge in [-0.3, -0.25) is 14.6 Å². The van der Waals surface area contributed by atoms with Gasteiger partial charge in [0.2, 0.25) is 17.6 Å². The number of carbonyl (C=O) groups excluding carboxylic acids is 2. The number of pyridine rings is 1. The summed E-state index contributed by atoms with van der Waals surface area (Å²) in [5.74, 6) is -0.932. The van der Waals surface area contributed by atoms with Gasteiger partial charge >= 0.3 is 0 Å². The summed E-state index contributed by atoms with van der Waals surface area (Å²) < 4.78 is 13.2. The lowest BCUT2D eigenvalue weighted by atomic mass is 10.0. The Morgan fingerprint density at radius 3 is 2.44 bits per heavy atom. The number of carbonyl (C=O) groups is 2. The Balaban J connectivity index is 1.88. The maximum atomic E-state index is 13.4. The van der Waals surface area contributed by atoms with Gasteiger partial charge in [0.15, 0.2) is 0 Å². The quantitative estimate of drug-likeness (QED) is 0.489. The highest BCUT2D eigenvalue weighted by Crippen LogP contribution is 2.23. The fourth-order valence-corrected chi connectivity index (χ4v) is 3.33. The van der Waals surface area contributed by atoms with Crippen molar-refractivity contribution < 1.29 is 19.1 Å². The molecule has 0 saturated carbocycles. The van der Waals surface area contributed by atoms with E-state index in [2.05, 4.69) is 25.7 Å². The highest BCUT2D eigenvalue weighted by Gasteiger charge is 2.33. The Morgan fingerprint density at radius 2 is 1.82 bits per heavy atom. The summed E-state index contributed by atoms with van der Waals surface area (Å²) in [5.41, 5.74) is 0.615. The monoisotopic (exact) mass is 469 g/mol. The van der Waals surface area contributed by atoms with Crippen LogP contribution in [0.15, 0.2) is 48.8 Å². The molecule has 0 saturated heterocycles. The number of aromatic nitrogens is 5. The normalized spacial score (nSPS) is 12.3. The lowest BCUT2D eigenvalue weighted by molar-refractivity contribution is -0.142. The van der Waals surface area contributed by atoms with Crippen LogP contribution in [0.4, 0.5) is 4.39 Å². The van der Waals surface area contributed by atoms with E-state index in [0.29, 0.717) is 11.1 Å². The topological polar surface area (TPSA) is 126 Å². The van der Waals surface area contributed by atoms with Crippen molar-refractivity contribution in [2.24, 2.45) is 0 Å². The zero-order valence-electron chi connectivity index (χ0n) is 19.3. The first-order chi connectivity index (χ1) is 16.2. The van der Waals surface area contributed by atoms with Gasteiger partial charge in [0, 0.05) is 36.6 Å². The van der Waals surface area contributed by atoms with E-state index in [0.717, 1.165) is 4.80 Å². The van der Waals surface area contributed by atoms with Crippen LogP contribution >= 0.6 is 0 Å². The molecule has 2 heterocycles. The zero-order valence-corrected chi connectivity index (χ0v) is 19.3. The molecule has 0 bridgehead atoms. The first-order valence-electron chi connectivity index (χ1n) is 10.8. The second-order valence-electron chi connectivity index (χ2n) is 8.74. The molecule has 0 aliphatic heterocycles. The van der Waals surface area contributed by atoms with Crippen LogP contribution in [0.1, 0.15) is 38.8 Å². The van der Waals surface area contributed by atoms with E-state index in [1.54, 1.807) is 24.5 Å². The van der Waals surface area contributed by atoms with E-state index < -0.39 is 17.5 Å². The van der Waals surface area contributed by atoms with Crippen LogP contribution in [0.3, 0.4) is 0 Å². The minimum Gasteiger partial charge on any atom is -0.396 e. The first-order valence-corrected chi connectivity index (χ1v) is 10.8. The van der Waals surface area contributed by atoms with Gasteiger partial charge in [-0.25, -0.2) is 4.39 Å². The molecule has 1 unspecified atom stereocenters. The number of aliphatic hydroxyl groups is 1.